The van der Waals surface area contributed by atoms with Gasteiger partial charge < -0.3 is 41.6 Å². The van der Waals surface area contributed by atoms with Gasteiger partial charge in [0.15, 0.2) is 0 Å². The van der Waals surface area contributed by atoms with Gasteiger partial charge in [0.25, 0.3) is 0 Å². The summed E-state index contributed by atoms with van der Waals surface area (Å²) in [6.07, 6.45) is 1.52. The Morgan fingerprint density at radius 2 is 1.38 bits per heavy atom. The molecule has 13 heteroatoms. The number of nitrogens with two attached hydrogens (primary N) is 1. The molecule has 1 aromatic carbocycles. The Morgan fingerprint density at radius 3 is 1.83 bits per heavy atom. The number of carboxylic acid groups (broad SMARTS) is 1. The third-order valence-electron chi connectivity index (χ3n) is 7.61. The van der Waals surface area contributed by atoms with Crippen molar-refractivity contribution < 1.29 is 38.6 Å². The summed E-state index contributed by atoms with van der Waals surface area (Å²) in [5, 5.41) is 20.6. The summed E-state index contributed by atoms with van der Waals surface area (Å²) in [4.78, 5) is 65.4. The maximum atomic E-state index is 13.7. The fourth-order valence-corrected chi connectivity index (χ4v) is 5.08. The third kappa shape index (κ3) is 8.26. The highest BCUT2D eigenvalue weighted by atomic mass is 16.5. The van der Waals surface area contributed by atoms with Crippen molar-refractivity contribution >= 4 is 29.6 Å². The highest BCUT2D eigenvalue weighted by Crippen LogP contribution is 2.23. The van der Waals surface area contributed by atoms with Crippen LogP contribution in [-0.2, 0) is 39.9 Å². The standard InChI is InChI=1S/C29H43N5O8/c1-18(2)22(32-27(40)29(12-8-14-42-17-29)33-23(35)19(3)30)24(36)34-28(11-7-13-41-16-28)26(39)31-21(25(37)38)15-20-9-5-4-6-10-20/h4-6,9-10,18-19,21-22H,7-8,11-17,30H2,1-3H3,(H,31,39)(H,32,40)(H,33,35)(H,34,36)(H,37,38)/t19-,21-,22-,28?,29?/m0/s1. The van der Waals surface area contributed by atoms with Crippen molar-refractivity contribution in [2.45, 2.75) is 82.1 Å². The molecule has 232 valence electrons. The first-order chi connectivity index (χ1) is 19.9. The molecule has 13 nitrogen and oxygen atoms in total. The maximum absolute atomic E-state index is 13.7. The number of hydrogen-bond acceptors (Lipinski definition) is 8. The van der Waals surface area contributed by atoms with Crippen LogP contribution in [0.4, 0.5) is 0 Å². The number of amides is 4. The molecule has 2 fully saturated rings. The van der Waals surface area contributed by atoms with Crippen molar-refractivity contribution in [3.05, 3.63) is 35.9 Å². The van der Waals surface area contributed by atoms with Crippen LogP contribution in [0.15, 0.2) is 30.3 Å². The molecule has 0 aromatic heterocycles. The number of hydrogen-bond donors (Lipinski definition) is 6. The van der Waals surface area contributed by atoms with Crippen molar-refractivity contribution in [2.24, 2.45) is 11.7 Å². The second kappa shape index (κ2) is 14.6. The Hall–Kier alpha value is -3.55. The number of nitrogens with one attached hydrogen (secondary N) is 4. The number of rotatable bonds is 12. The largest absolute Gasteiger partial charge is 0.480 e. The van der Waals surface area contributed by atoms with Gasteiger partial charge in [-0.25, -0.2) is 4.79 Å². The molecule has 1 aromatic rings. The van der Waals surface area contributed by atoms with E-state index in [0.717, 1.165) is 5.56 Å². The van der Waals surface area contributed by atoms with Gasteiger partial charge in [0, 0.05) is 19.6 Å². The average molecular weight is 590 g/mol. The lowest BCUT2D eigenvalue weighted by molar-refractivity contribution is -0.147. The predicted octanol–water partition coefficient (Wildman–Crippen LogP) is -0.383. The first-order valence-corrected chi connectivity index (χ1v) is 14.3. The fourth-order valence-electron chi connectivity index (χ4n) is 5.08. The van der Waals surface area contributed by atoms with Gasteiger partial charge in [-0.2, -0.15) is 0 Å². The van der Waals surface area contributed by atoms with Gasteiger partial charge >= 0.3 is 5.97 Å². The van der Waals surface area contributed by atoms with Gasteiger partial charge in [-0.3, -0.25) is 19.2 Å². The zero-order valence-electron chi connectivity index (χ0n) is 24.4. The number of carbonyl (C=O) groups is 5. The van der Waals surface area contributed by atoms with Gasteiger partial charge in [-0.1, -0.05) is 44.2 Å². The first kappa shape index (κ1) is 33.0. The van der Waals surface area contributed by atoms with Crippen LogP contribution in [-0.4, -0.2) is 90.3 Å². The van der Waals surface area contributed by atoms with E-state index in [1.54, 1.807) is 38.1 Å². The normalized spacial score (nSPS) is 24.5. The maximum Gasteiger partial charge on any atom is 0.326 e. The zero-order valence-corrected chi connectivity index (χ0v) is 24.4. The minimum atomic E-state index is -1.55. The summed E-state index contributed by atoms with van der Waals surface area (Å²) < 4.78 is 11.1. The SMILES string of the molecule is CC(C)[C@H](NC(=O)C1(NC(=O)[C@H](C)N)CCCOC1)C(=O)NC1(C(=O)N[C@@H](Cc2ccccc2)C(=O)O)CCCOC1. The summed E-state index contributed by atoms with van der Waals surface area (Å²) in [7, 11) is 0. The lowest BCUT2D eigenvalue weighted by Crippen LogP contribution is -2.70. The van der Waals surface area contributed by atoms with Crippen LogP contribution >= 0.6 is 0 Å². The van der Waals surface area contributed by atoms with Crippen molar-refractivity contribution in [1.29, 1.82) is 0 Å². The number of benzene rings is 1. The van der Waals surface area contributed by atoms with Crippen LogP contribution < -0.4 is 27.0 Å². The van der Waals surface area contributed by atoms with Crippen molar-refractivity contribution in [3.63, 3.8) is 0 Å². The number of carbonyl (C=O) groups excluding carboxylic acids is 4. The summed E-state index contributed by atoms with van der Waals surface area (Å²) in [6, 6.07) is 5.70. The van der Waals surface area contributed by atoms with E-state index in [2.05, 4.69) is 21.3 Å². The fraction of sp³-hybridized carbons (Fsp3) is 0.621. The van der Waals surface area contributed by atoms with Crippen LogP contribution in [0.5, 0.6) is 0 Å². The van der Waals surface area contributed by atoms with Crippen LogP contribution in [0, 0.1) is 5.92 Å². The van der Waals surface area contributed by atoms with Crippen molar-refractivity contribution in [1.82, 2.24) is 21.3 Å². The smallest absolute Gasteiger partial charge is 0.326 e. The number of ether oxygens (including phenoxy) is 2. The predicted molar refractivity (Wildman–Crippen MR) is 152 cm³/mol. The van der Waals surface area contributed by atoms with Crippen LogP contribution in [0.1, 0.15) is 52.0 Å². The topological polar surface area (TPSA) is 198 Å². The van der Waals surface area contributed by atoms with E-state index >= 15 is 0 Å². The lowest BCUT2D eigenvalue weighted by Gasteiger charge is -2.40. The van der Waals surface area contributed by atoms with E-state index < -0.39 is 64.7 Å². The molecular formula is C29H43N5O8. The molecule has 2 saturated heterocycles. The third-order valence-corrected chi connectivity index (χ3v) is 7.61. The quantitative estimate of drug-likeness (QED) is 0.188. The van der Waals surface area contributed by atoms with Gasteiger partial charge in [-0.05, 0) is 44.1 Å². The summed E-state index contributed by atoms with van der Waals surface area (Å²) in [6.45, 7) is 5.53. The van der Waals surface area contributed by atoms with Gasteiger partial charge in [0.05, 0.1) is 19.3 Å². The summed E-state index contributed by atoms with van der Waals surface area (Å²) >= 11 is 0. The van der Waals surface area contributed by atoms with Crippen LogP contribution in [0.25, 0.3) is 0 Å². The molecule has 0 aliphatic carbocycles. The molecule has 7 N–H and O–H groups in total. The highest BCUT2D eigenvalue weighted by molar-refractivity contribution is 5.98. The van der Waals surface area contributed by atoms with E-state index in [1.807, 2.05) is 6.07 Å². The Kier molecular flexibility index (Phi) is 11.4. The summed E-state index contributed by atoms with van der Waals surface area (Å²) in [5.41, 5.74) is 3.48. The zero-order chi connectivity index (χ0) is 30.9. The van der Waals surface area contributed by atoms with E-state index in [4.69, 9.17) is 15.2 Å². The highest BCUT2D eigenvalue weighted by Gasteiger charge is 2.47. The Balaban J connectivity index is 1.79. The van der Waals surface area contributed by atoms with E-state index in [-0.39, 0.29) is 26.1 Å². The minimum absolute atomic E-state index is 0.0504. The molecule has 2 aliphatic heterocycles. The molecule has 4 amide bonds. The second-order valence-electron chi connectivity index (χ2n) is 11.5. The molecule has 0 saturated carbocycles. The molecule has 0 bridgehead atoms. The minimum Gasteiger partial charge on any atom is -0.480 e. The molecule has 3 rings (SSSR count). The van der Waals surface area contributed by atoms with Gasteiger partial charge in [0.2, 0.25) is 23.6 Å². The van der Waals surface area contributed by atoms with Crippen molar-refractivity contribution in [3.8, 4) is 0 Å². The average Bonchev–Trinajstić information content (AvgIpc) is 2.96. The molecule has 0 spiro atoms. The van der Waals surface area contributed by atoms with E-state index in [1.165, 1.54) is 6.92 Å². The monoisotopic (exact) mass is 589 g/mol. The lowest BCUT2D eigenvalue weighted by atomic mass is 9.88. The van der Waals surface area contributed by atoms with Gasteiger partial charge in [0.1, 0.15) is 23.2 Å². The van der Waals surface area contributed by atoms with E-state index in [9.17, 15) is 29.1 Å². The van der Waals surface area contributed by atoms with Crippen LogP contribution in [0.3, 0.4) is 0 Å². The van der Waals surface area contributed by atoms with Crippen molar-refractivity contribution in [2.75, 3.05) is 26.4 Å². The molecular weight excluding hydrogens is 546 g/mol. The molecule has 42 heavy (non-hydrogen) atoms. The molecule has 2 heterocycles. The van der Waals surface area contributed by atoms with Crippen LogP contribution in [0.2, 0.25) is 0 Å². The first-order valence-electron chi connectivity index (χ1n) is 14.3. The molecule has 2 unspecified atom stereocenters. The number of carboxylic acids is 1. The molecule has 2 aliphatic rings. The van der Waals surface area contributed by atoms with E-state index in [0.29, 0.717) is 32.5 Å². The molecule has 0 radical (unpaired) electrons. The molecule has 5 atom stereocenters. The second-order valence-corrected chi connectivity index (χ2v) is 11.5. The number of aliphatic carboxylic acids is 1. The summed E-state index contributed by atoms with van der Waals surface area (Å²) in [5.74, 6) is -4.08. The van der Waals surface area contributed by atoms with Gasteiger partial charge in [-0.15, -0.1) is 0 Å². The Morgan fingerprint density at radius 1 is 0.857 bits per heavy atom. The Bertz CT molecular complexity index is 1110. The Labute approximate surface area is 245 Å².